The van der Waals surface area contributed by atoms with Crippen molar-refractivity contribution in [3.63, 3.8) is 0 Å². The van der Waals surface area contributed by atoms with Gasteiger partial charge in [-0.05, 0) is 42.1 Å². The van der Waals surface area contributed by atoms with Crippen LogP contribution in [0.25, 0.3) is 43.5 Å². The summed E-state index contributed by atoms with van der Waals surface area (Å²) in [5, 5.41) is 3.61. The van der Waals surface area contributed by atoms with E-state index in [9.17, 15) is 0 Å². The molecule has 0 saturated heterocycles. The number of aromatic nitrogens is 2. The molecule has 0 aliphatic rings. The molecule has 0 atom stereocenters. The first-order chi connectivity index (χ1) is 14.6. The molecule has 3 aromatic carbocycles. The Morgan fingerprint density at radius 3 is 2.27 bits per heavy atom. The number of benzene rings is 3. The Hall–Kier alpha value is -3.90. The Bertz CT molecular complexity index is 1480. The molecule has 0 unspecified atom stereocenters. The molecule has 144 valence electrons. The van der Waals surface area contributed by atoms with Crippen molar-refractivity contribution < 1.29 is 4.57 Å². The van der Waals surface area contributed by atoms with Gasteiger partial charge < -0.3 is 4.57 Å². The number of pyridine rings is 1. The lowest BCUT2D eigenvalue weighted by molar-refractivity contribution is -0.601. The third-order valence-corrected chi connectivity index (χ3v) is 5.99. The first kappa shape index (κ1) is 18.1. The normalized spacial score (nSPS) is 11.1. The fourth-order valence-corrected chi connectivity index (χ4v) is 4.37. The third kappa shape index (κ3) is 2.77. The van der Waals surface area contributed by atoms with Crippen LogP contribution >= 0.6 is 0 Å². The quantitative estimate of drug-likeness (QED) is 0.244. The van der Waals surface area contributed by atoms with Gasteiger partial charge in [0.05, 0.1) is 6.57 Å². The Balaban J connectivity index is 1.80. The first-order valence-electron chi connectivity index (χ1n) is 10.0. The summed E-state index contributed by atoms with van der Waals surface area (Å²) in [7, 11) is 2.09. The Labute approximate surface area is 176 Å². The monoisotopic (exact) mass is 388 g/mol. The molecule has 2 aromatic heterocycles. The number of hydrogen-bond acceptors (Lipinski definition) is 0. The molecule has 2 heterocycles. The smallest absolute Gasteiger partial charge is 0.204 e. The molecule has 0 aliphatic heterocycles. The average molecular weight is 388 g/mol. The second-order valence-corrected chi connectivity index (χ2v) is 7.81. The largest absolute Gasteiger partial charge is 0.344 e. The van der Waals surface area contributed by atoms with Crippen LogP contribution in [-0.4, -0.2) is 4.57 Å². The zero-order chi connectivity index (χ0) is 20.8. The minimum Gasteiger partial charge on any atom is -0.344 e. The van der Waals surface area contributed by atoms with Gasteiger partial charge in [0.25, 0.3) is 0 Å². The minimum absolute atomic E-state index is 0.649. The Kier molecular flexibility index (Phi) is 4.15. The van der Waals surface area contributed by atoms with E-state index in [0.29, 0.717) is 5.69 Å². The number of para-hydroxylation sites is 1. The highest BCUT2D eigenvalue weighted by Crippen LogP contribution is 2.34. The van der Waals surface area contributed by atoms with Crippen LogP contribution in [0, 0.1) is 20.4 Å². The molecule has 0 spiro atoms. The predicted octanol–water partition coefficient (Wildman–Crippen LogP) is 6.44. The number of nitrogens with zero attached hydrogens (tertiary/aromatic N) is 3. The van der Waals surface area contributed by atoms with Crippen molar-refractivity contribution in [1.29, 1.82) is 0 Å². The number of rotatable bonds is 2. The molecule has 3 heteroatoms. The molecular formula is C27H22N3+. The maximum atomic E-state index is 7.69. The number of aryl methyl sites for hydroxylation is 2. The van der Waals surface area contributed by atoms with Crippen molar-refractivity contribution in [1.82, 2.24) is 4.57 Å². The van der Waals surface area contributed by atoms with Crippen molar-refractivity contribution in [3.8, 4) is 16.9 Å². The zero-order valence-corrected chi connectivity index (χ0v) is 17.3. The van der Waals surface area contributed by atoms with Gasteiger partial charge in [-0.25, -0.2) is 4.85 Å². The van der Waals surface area contributed by atoms with Crippen molar-refractivity contribution in [3.05, 3.63) is 102 Å². The molecule has 0 bridgehead atoms. The lowest BCUT2D eigenvalue weighted by atomic mass is 10.0. The predicted molar refractivity (Wildman–Crippen MR) is 123 cm³/mol. The van der Waals surface area contributed by atoms with E-state index in [1.54, 1.807) is 0 Å². The molecule has 0 radical (unpaired) electrons. The fraction of sp³-hybridized carbons (Fsp3) is 0.111. The van der Waals surface area contributed by atoms with E-state index < -0.39 is 0 Å². The highest BCUT2D eigenvalue weighted by Gasteiger charge is 2.21. The van der Waals surface area contributed by atoms with E-state index in [1.807, 2.05) is 12.1 Å². The van der Waals surface area contributed by atoms with Crippen LogP contribution in [-0.2, 0) is 7.05 Å². The summed E-state index contributed by atoms with van der Waals surface area (Å²) in [5.41, 5.74) is 7.41. The third-order valence-electron chi connectivity index (χ3n) is 5.99. The average Bonchev–Trinajstić information content (AvgIpc) is 3.10. The van der Waals surface area contributed by atoms with E-state index in [4.69, 9.17) is 6.57 Å². The van der Waals surface area contributed by atoms with Gasteiger partial charge in [-0.3, -0.25) is 0 Å². The molecule has 30 heavy (non-hydrogen) atoms. The van der Waals surface area contributed by atoms with Gasteiger partial charge in [0.15, 0.2) is 17.6 Å². The molecule has 0 N–H and O–H groups in total. The summed E-state index contributed by atoms with van der Waals surface area (Å²) in [6.45, 7) is 12.0. The Morgan fingerprint density at radius 1 is 0.833 bits per heavy atom. The van der Waals surface area contributed by atoms with Gasteiger partial charge in [0.1, 0.15) is 0 Å². The summed E-state index contributed by atoms with van der Waals surface area (Å²) in [5.74, 6) is 0. The lowest BCUT2D eigenvalue weighted by Gasteiger charge is -2.12. The van der Waals surface area contributed by atoms with Crippen LogP contribution in [0.5, 0.6) is 0 Å². The van der Waals surface area contributed by atoms with Gasteiger partial charge in [-0.1, -0.05) is 36.4 Å². The summed E-state index contributed by atoms with van der Waals surface area (Å²) in [6, 6.07) is 25.2. The standard InChI is InChI=1S/C27H22N3/c1-18-13-20-9-5-6-11-22(20)17-30(18)26-16-23(28-3)15-24(19(26)2)27-14-21-10-7-8-12-25(21)29(27)4/h5-17H,1-2,4H3/q+1. The Morgan fingerprint density at radius 2 is 1.53 bits per heavy atom. The first-order valence-corrected chi connectivity index (χ1v) is 10.0. The van der Waals surface area contributed by atoms with Crippen LogP contribution in [0.1, 0.15) is 11.3 Å². The second kappa shape index (κ2) is 6.86. The molecule has 0 amide bonds. The molecule has 0 saturated carbocycles. The summed E-state index contributed by atoms with van der Waals surface area (Å²) in [4.78, 5) is 3.79. The van der Waals surface area contributed by atoms with E-state index in [2.05, 4.69) is 102 Å². The molecule has 5 rings (SSSR count). The van der Waals surface area contributed by atoms with E-state index in [1.165, 1.54) is 21.7 Å². The summed E-state index contributed by atoms with van der Waals surface area (Å²) in [6.07, 6.45) is 2.17. The highest BCUT2D eigenvalue weighted by molar-refractivity contribution is 5.89. The van der Waals surface area contributed by atoms with Crippen molar-refractivity contribution in [2.24, 2.45) is 7.05 Å². The van der Waals surface area contributed by atoms with Crippen LogP contribution < -0.4 is 4.57 Å². The van der Waals surface area contributed by atoms with Gasteiger partial charge in [-0.2, -0.15) is 4.57 Å². The minimum atomic E-state index is 0.649. The zero-order valence-electron chi connectivity index (χ0n) is 17.3. The topological polar surface area (TPSA) is 13.2 Å². The van der Waals surface area contributed by atoms with Gasteiger partial charge in [0, 0.05) is 53.7 Å². The molecule has 5 aromatic rings. The van der Waals surface area contributed by atoms with Crippen molar-refractivity contribution in [2.45, 2.75) is 13.8 Å². The lowest BCUT2D eigenvalue weighted by Crippen LogP contribution is -2.34. The fourth-order valence-electron chi connectivity index (χ4n) is 4.37. The summed E-state index contributed by atoms with van der Waals surface area (Å²) >= 11 is 0. The van der Waals surface area contributed by atoms with E-state index in [0.717, 1.165) is 28.2 Å². The molecule has 0 aliphatic carbocycles. The van der Waals surface area contributed by atoms with Gasteiger partial charge >= 0.3 is 0 Å². The van der Waals surface area contributed by atoms with Crippen molar-refractivity contribution in [2.75, 3.05) is 0 Å². The second-order valence-electron chi connectivity index (χ2n) is 7.81. The molecular weight excluding hydrogens is 366 g/mol. The van der Waals surface area contributed by atoms with Crippen LogP contribution in [0.2, 0.25) is 0 Å². The highest BCUT2D eigenvalue weighted by atomic mass is 15.0. The van der Waals surface area contributed by atoms with Gasteiger partial charge in [0.2, 0.25) is 5.69 Å². The summed E-state index contributed by atoms with van der Waals surface area (Å²) < 4.78 is 4.42. The van der Waals surface area contributed by atoms with Crippen LogP contribution in [0.15, 0.2) is 79.0 Å². The van der Waals surface area contributed by atoms with Gasteiger partial charge in [-0.15, -0.1) is 0 Å². The van der Waals surface area contributed by atoms with E-state index >= 15 is 0 Å². The van der Waals surface area contributed by atoms with Crippen molar-refractivity contribution >= 4 is 27.4 Å². The maximum Gasteiger partial charge on any atom is 0.204 e. The molecule has 3 nitrogen and oxygen atoms in total. The van der Waals surface area contributed by atoms with Crippen LogP contribution in [0.3, 0.4) is 0 Å². The SMILES string of the molecule is [C-]#[N+]c1cc(-c2cc3ccccc3n2C)c(C)c(-[n+]2cc3ccccc3cc2C)c1. The maximum absolute atomic E-state index is 7.69. The van der Waals surface area contributed by atoms with E-state index in [-0.39, 0.29) is 0 Å². The van der Waals surface area contributed by atoms with Crippen LogP contribution in [0.4, 0.5) is 5.69 Å². The number of hydrogen-bond donors (Lipinski definition) is 0. The number of fused-ring (bicyclic) bond motifs is 2. The molecule has 0 fully saturated rings.